The van der Waals surface area contributed by atoms with Crippen molar-refractivity contribution in [2.75, 3.05) is 13.2 Å². The lowest BCUT2D eigenvalue weighted by Crippen LogP contribution is -2.36. The molecule has 0 unspecified atom stereocenters. The SMILES string of the molecule is C=CC(=O)O.CCON(CC)C(=O)OC(C)(C)C. The highest BCUT2D eigenvalue weighted by Gasteiger charge is 2.21. The molecule has 106 valence electrons. The molecule has 0 heterocycles. The van der Waals surface area contributed by atoms with Gasteiger partial charge in [0, 0.05) is 12.6 Å². The van der Waals surface area contributed by atoms with Crippen molar-refractivity contribution >= 4 is 12.1 Å². The summed E-state index contributed by atoms with van der Waals surface area (Å²) in [6, 6.07) is 0. The number of carboxylic acids is 1. The van der Waals surface area contributed by atoms with Crippen molar-refractivity contribution in [1.29, 1.82) is 0 Å². The Morgan fingerprint density at radius 1 is 1.33 bits per heavy atom. The number of aliphatic carboxylic acids is 1. The van der Waals surface area contributed by atoms with Crippen LogP contribution < -0.4 is 0 Å². The van der Waals surface area contributed by atoms with Crippen LogP contribution in [0.15, 0.2) is 12.7 Å². The largest absolute Gasteiger partial charge is 0.478 e. The number of ether oxygens (including phenoxy) is 1. The summed E-state index contributed by atoms with van der Waals surface area (Å²) in [4.78, 5) is 25.7. The standard InChI is InChI=1S/C9H19NO3.C3H4O2/c1-6-10(12-7-2)8(11)13-9(3,4)5;1-2-3(4)5/h6-7H2,1-5H3;2H,1H2,(H,4,5). The molecule has 0 spiro atoms. The zero-order valence-electron chi connectivity index (χ0n) is 11.7. The number of hydrogen-bond donors (Lipinski definition) is 1. The van der Waals surface area contributed by atoms with Crippen molar-refractivity contribution in [2.45, 2.75) is 40.2 Å². The van der Waals surface area contributed by atoms with Gasteiger partial charge in [0.2, 0.25) is 0 Å². The van der Waals surface area contributed by atoms with Crippen LogP contribution >= 0.6 is 0 Å². The van der Waals surface area contributed by atoms with Crippen molar-refractivity contribution in [2.24, 2.45) is 0 Å². The molecular formula is C12H23NO5. The first-order chi connectivity index (χ1) is 8.17. The minimum atomic E-state index is -0.981. The van der Waals surface area contributed by atoms with Crippen LogP contribution in [0.25, 0.3) is 0 Å². The molecule has 6 nitrogen and oxygen atoms in total. The summed E-state index contributed by atoms with van der Waals surface area (Å²) in [5.74, 6) is -0.981. The van der Waals surface area contributed by atoms with Gasteiger partial charge in [0.25, 0.3) is 0 Å². The molecule has 0 aromatic heterocycles. The van der Waals surface area contributed by atoms with E-state index in [2.05, 4.69) is 6.58 Å². The van der Waals surface area contributed by atoms with Gasteiger partial charge in [-0.15, -0.1) is 0 Å². The Morgan fingerprint density at radius 3 is 2.00 bits per heavy atom. The average Bonchev–Trinajstić information content (AvgIpc) is 2.24. The van der Waals surface area contributed by atoms with E-state index >= 15 is 0 Å². The third-order valence-corrected chi connectivity index (χ3v) is 1.34. The predicted octanol–water partition coefficient (Wildman–Crippen LogP) is 2.45. The molecule has 18 heavy (non-hydrogen) atoms. The number of nitrogens with zero attached hydrogens (tertiary/aromatic N) is 1. The monoisotopic (exact) mass is 261 g/mol. The number of amides is 1. The summed E-state index contributed by atoms with van der Waals surface area (Å²) in [6.07, 6.45) is 0.400. The van der Waals surface area contributed by atoms with E-state index in [0.29, 0.717) is 13.2 Å². The quantitative estimate of drug-likeness (QED) is 0.621. The fraction of sp³-hybridized carbons (Fsp3) is 0.667. The van der Waals surface area contributed by atoms with Gasteiger partial charge in [-0.25, -0.2) is 9.59 Å². The summed E-state index contributed by atoms with van der Waals surface area (Å²) in [5.41, 5.74) is -0.471. The van der Waals surface area contributed by atoms with E-state index in [4.69, 9.17) is 14.7 Å². The molecule has 1 N–H and O–H groups in total. The summed E-state index contributed by atoms with van der Waals surface area (Å²) in [6.45, 7) is 13.0. The number of hydrogen-bond acceptors (Lipinski definition) is 4. The van der Waals surface area contributed by atoms with Crippen LogP contribution in [0.4, 0.5) is 4.79 Å². The van der Waals surface area contributed by atoms with E-state index in [9.17, 15) is 9.59 Å². The maximum absolute atomic E-state index is 11.4. The lowest BCUT2D eigenvalue weighted by atomic mass is 10.2. The van der Waals surface area contributed by atoms with Crippen LogP contribution in [-0.4, -0.2) is 41.0 Å². The van der Waals surface area contributed by atoms with Gasteiger partial charge in [0.05, 0.1) is 6.61 Å². The van der Waals surface area contributed by atoms with Gasteiger partial charge in [0.1, 0.15) is 5.60 Å². The minimum Gasteiger partial charge on any atom is -0.478 e. The number of rotatable bonds is 4. The summed E-state index contributed by atoms with van der Waals surface area (Å²) < 4.78 is 5.11. The van der Waals surface area contributed by atoms with Gasteiger partial charge in [0.15, 0.2) is 0 Å². The Morgan fingerprint density at radius 2 is 1.78 bits per heavy atom. The Kier molecular flexibility index (Phi) is 9.89. The fourth-order valence-corrected chi connectivity index (χ4v) is 0.742. The van der Waals surface area contributed by atoms with Crippen LogP contribution in [0.1, 0.15) is 34.6 Å². The van der Waals surface area contributed by atoms with Crippen LogP contribution in [0, 0.1) is 0 Å². The van der Waals surface area contributed by atoms with E-state index < -0.39 is 17.7 Å². The highest BCUT2D eigenvalue weighted by molar-refractivity contribution is 5.78. The van der Waals surface area contributed by atoms with Crippen LogP contribution in [0.3, 0.4) is 0 Å². The van der Waals surface area contributed by atoms with Crippen molar-refractivity contribution in [1.82, 2.24) is 5.06 Å². The van der Waals surface area contributed by atoms with E-state index in [-0.39, 0.29) is 0 Å². The summed E-state index contributed by atoms with van der Waals surface area (Å²) in [5, 5.41) is 8.82. The van der Waals surface area contributed by atoms with E-state index in [1.165, 1.54) is 5.06 Å². The molecule has 0 saturated carbocycles. The molecule has 0 fully saturated rings. The average molecular weight is 261 g/mol. The van der Waals surface area contributed by atoms with E-state index in [0.717, 1.165) is 6.08 Å². The molecule has 0 radical (unpaired) electrons. The first kappa shape index (κ1) is 18.8. The topological polar surface area (TPSA) is 76.1 Å². The van der Waals surface area contributed by atoms with E-state index in [1.807, 2.05) is 34.6 Å². The highest BCUT2D eigenvalue weighted by atomic mass is 16.7. The smallest absolute Gasteiger partial charge is 0.434 e. The van der Waals surface area contributed by atoms with Crippen LogP contribution in [-0.2, 0) is 14.4 Å². The minimum absolute atomic E-state index is 0.433. The Hall–Kier alpha value is -1.56. The highest BCUT2D eigenvalue weighted by Crippen LogP contribution is 2.09. The number of carbonyl (C=O) groups is 2. The zero-order chi connectivity index (χ0) is 14.8. The van der Waals surface area contributed by atoms with Crippen LogP contribution in [0.2, 0.25) is 0 Å². The Balaban J connectivity index is 0. The lowest BCUT2D eigenvalue weighted by molar-refractivity contribution is -0.140. The molecule has 0 aromatic rings. The van der Waals surface area contributed by atoms with E-state index in [1.54, 1.807) is 0 Å². The van der Waals surface area contributed by atoms with Crippen molar-refractivity contribution < 1.29 is 24.3 Å². The number of hydroxylamine groups is 2. The Bertz CT molecular complexity index is 270. The molecule has 0 rings (SSSR count). The molecule has 6 heteroatoms. The molecule has 0 atom stereocenters. The number of carbonyl (C=O) groups excluding carboxylic acids is 1. The van der Waals surface area contributed by atoms with Gasteiger partial charge in [-0.1, -0.05) is 6.58 Å². The Labute approximate surface area is 108 Å². The molecule has 0 aromatic carbocycles. The molecular weight excluding hydrogens is 238 g/mol. The zero-order valence-corrected chi connectivity index (χ0v) is 11.7. The second kappa shape index (κ2) is 9.47. The summed E-state index contributed by atoms with van der Waals surface area (Å²) in [7, 11) is 0. The maximum Gasteiger partial charge on any atom is 0.434 e. The van der Waals surface area contributed by atoms with Crippen molar-refractivity contribution in [3.8, 4) is 0 Å². The molecule has 0 bridgehead atoms. The van der Waals surface area contributed by atoms with Gasteiger partial charge in [-0.3, -0.25) is 4.84 Å². The van der Waals surface area contributed by atoms with Gasteiger partial charge in [-0.2, -0.15) is 5.06 Å². The first-order valence-electron chi connectivity index (χ1n) is 5.66. The van der Waals surface area contributed by atoms with Gasteiger partial charge in [-0.05, 0) is 34.6 Å². The molecule has 0 aliphatic rings. The number of carboxylic acid groups (broad SMARTS) is 1. The predicted molar refractivity (Wildman–Crippen MR) is 68.1 cm³/mol. The first-order valence-corrected chi connectivity index (χ1v) is 5.66. The normalized spacial score (nSPS) is 9.83. The maximum atomic E-state index is 11.4. The van der Waals surface area contributed by atoms with Gasteiger partial charge >= 0.3 is 12.1 Å². The third-order valence-electron chi connectivity index (χ3n) is 1.34. The molecule has 0 saturated heterocycles. The second-order valence-electron chi connectivity index (χ2n) is 4.14. The van der Waals surface area contributed by atoms with Crippen LogP contribution in [0.5, 0.6) is 0 Å². The molecule has 1 amide bonds. The van der Waals surface area contributed by atoms with Crippen molar-refractivity contribution in [3.05, 3.63) is 12.7 Å². The lowest BCUT2D eigenvalue weighted by Gasteiger charge is -2.25. The molecule has 0 aliphatic heterocycles. The molecule has 0 aliphatic carbocycles. The summed E-state index contributed by atoms with van der Waals surface area (Å²) >= 11 is 0. The van der Waals surface area contributed by atoms with Gasteiger partial charge < -0.3 is 9.84 Å². The second-order valence-corrected chi connectivity index (χ2v) is 4.14. The van der Waals surface area contributed by atoms with Crippen molar-refractivity contribution in [3.63, 3.8) is 0 Å². The third kappa shape index (κ3) is 12.5. The fourth-order valence-electron chi connectivity index (χ4n) is 0.742.